The van der Waals surface area contributed by atoms with Crippen LogP contribution in [0.15, 0.2) is 18.3 Å². The lowest BCUT2D eigenvalue weighted by Gasteiger charge is -1.90. The summed E-state index contributed by atoms with van der Waals surface area (Å²) in [5, 5.41) is 6.91. The van der Waals surface area contributed by atoms with Gasteiger partial charge in [-0.25, -0.2) is 0 Å². The second-order valence-corrected chi connectivity index (χ2v) is 3.40. The van der Waals surface area contributed by atoms with E-state index < -0.39 is 5.91 Å². The minimum absolute atomic E-state index is 0.182. The molecule has 0 saturated carbocycles. The Hall–Kier alpha value is -1.98. The van der Waals surface area contributed by atoms with E-state index in [0.29, 0.717) is 6.42 Å². The van der Waals surface area contributed by atoms with Crippen molar-refractivity contribution < 1.29 is 9.59 Å². The summed E-state index contributed by atoms with van der Waals surface area (Å²) in [6, 6.07) is 3.11. The van der Waals surface area contributed by atoms with Crippen molar-refractivity contribution >= 4 is 11.8 Å². The Bertz CT molecular complexity index is 341. The molecule has 0 aliphatic heterocycles. The first-order valence-electron chi connectivity index (χ1n) is 5.43. The molecule has 17 heavy (non-hydrogen) atoms. The van der Waals surface area contributed by atoms with E-state index in [0.717, 1.165) is 19.3 Å². The molecular weight excluding hydrogens is 220 g/mol. The molecule has 0 aromatic carbocycles. The summed E-state index contributed by atoms with van der Waals surface area (Å²) in [4.78, 5) is 20.4. The third-order valence-electron chi connectivity index (χ3n) is 1.85. The second kappa shape index (κ2) is 9.26. The predicted molar refractivity (Wildman–Crippen MR) is 63.9 cm³/mol. The molecule has 0 atom stereocenters. The Labute approximate surface area is 100 Å². The van der Waals surface area contributed by atoms with Gasteiger partial charge in [-0.05, 0) is 18.6 Å². The average Bonchev–Trinajstić information content (AvgIpc) is 2.31. The monoisotopic (exact) mass is 238 g/mol. The molecule has 0 aliphatic carbocycles. The predicted octanol–water partition coefficient (Wildman–Crippen LogP) is 0.627. The van der Waals surface area contributed by atoms with Crippen LogP contribution in [0.2, 0.25) is 0 Å². The average molecular weight is 238 g/mol. The van der Waals surface area contributed by atoms with E-state index in [1.54, 1.807) is 6.07 Å². The van der Waals surface area contributed by atoms with Crippen LogP contribution >= 0.6 is 0 Å². The minimum atomic E-state index is -0.553. The smallest absolute Gasteiger partial charge is 0.269 e. The number of carbonyl (C=O) groups excluding carboxylic acids is 2. The van der Waals surface area contributed by atoms with Crippen LogP contribution in [0.3, 0.4) is 0 Å². The third kappa shape index (κ3) is 8.98. The van der Waals surface area contributed by atoms with Crippen molar-refractivity contribution in [2.45, 2.75) is 32.6 Å². The normalized spacial score (nSPS) is 9.00. The van der Waals surface area contributed by atoms with Gasteiger partial charge in [0.2, 0.25) is 5.91 Å². The number of carbonyl (C=O) groups is 2. The molecule has 2 amide bonds. The summed E-state index contributed by atoms with van der Waals surface area (Å²) in [7, 11) is 0. The van der Waals surface area contributed by atoms with Gasteiger partial charge in [0.25, 0.3) is 5.91 Å². The van der Waals surface area contributed by atoms with Crippen molar-refractivity contribution in [2.75, 3.05) is 0 Å². The molecule has 0 fully saturated rings. The first-order chi connectivity index (χ1) is 8.07. The molecule has 4 N–H and O–H groups in total. The number of aromatic nitrogens is 2. The van der Waals surface area contributed by atoms with Gasteiger partial charge in [-0.2, -0.15) is 5.10 Å². The zero-order chi connectivity index (χ0) is 13.1. The SMILES string of the molecule is CCCCCC(N)=O.NC(=O)c1cccnn1. The lowest BCUT2D eigenvalue weighted by molar-refractivity contribution is -0.118. The van der Waals surface area contributed by atoms with Crippen molar-refractivity contribution in [3.8, 4) is 0 Å². The zero-order valence-corrected chi connectivity index (χ0v) is 9.93. The highest BCUT2D eigenvalue weighted by atomic mass is 16.1. The van der Waals surface area contributed by atoms with E-state index in [9.17, 15) is 9.59 Å². The molecule has 1 rings (SSSR count). The molecule has 0 radical (unpaired) electrons. The fourth-order valence-electron chi connectivity index (χ4n) is 0.982. The van der Waals surface area contributed by atoms with Crippen LogP contribution in [0.25, 0.3) is 0 Å². The van der Waals surface area contributed by atoms with Crippen molar-refractivity contribution in [1.82, 2.24) is 10.2 Å². The molecule has 1 aromatic heterocycles. The summed E-state index contributed by atoms with van der Waals surface area (Å²) in [5.41, 5.74) is 9.96. The van der Waals surface area contributed by atoms with Crippen LogP contribution in [0.1, 0.15) is 43.1 Å². The summed E-state index contributed by atoms with van der Waals surface area (Å²) in [5.74, 6) is -0.735. The van der Waals surface area contributed by atoms with Gasteiger partial charge < -0.3 is 11.5 Å². The van der Waals surface area contributed by atoms with E-state index in [4.69, 9.17) is 11.5 Å². The number of hydrogen-bond donors (Lipinski definition) is 2. The lowest BCUT2D eigenvalue weighted by Crippen LogP contribution is -2.12. The van der Waals surface area contributed by atoms with Crippen LogP contribution in [0.4, 0.5) is 0 Å². The number of primary amides is 2. The molecule has 6 heteroatoms. The fourth-order valence-corrected chi connectivity index (χ4v) is 0.982. The number of nitrogens with two attached hydrogens (primary N) is 2. The van der Waals surface area contributed by atoms with Crippen LogP contribution in [-0.2, 0) is 4.79 Å². The van der Waals surface area contributed by atoms with Crippen LogP contribution in [-0.4, -0.2) is 22.0 Å². The molecule has 1 aromatic rings. The topological polar surface area (TPSA) is 112 Å². The number of unbranched alkanes of at least 4 members (excludes halogenated alkanes) is 2. The Morgan fingerprint density at radius 3 is 2.35 bits per heavy atom. The van der Waals surface area contributed by atoms with Crippen molar-refractivity contribution in [2.24, 2.45) is 11.5 Å². The largest absolute Gasteiger partial charge is 0.370 e. The molecule has 0 aliphatic rings. The van der Waals surface area contributed by atoms with Gasteiger partial charge >= 0.3 is 0 Å². The highest BCUT2D eigenvalue weighted by Crippen LogP contribution is 1.96. The standard InChI is InChI=1S/C6H13NO.C5H5N3O/c1-2-3-4-5-6(7)8;6-5(9)4-2-1-3-7-8-4/h2-5H2,1H3,(H2,7,8);1-3H,(H2,6,9). The number of rotatable bonds is 5. The van der Waals surface area contributed by atoms with E-state index in [1.807, 2.05) is 0 Å². The maximum atomic E-state index is 10.3. The van der Waals surface area contributed by atoms with Gasteiger partial charge in [0, 0.05) is 12.6 Å². The van der Waals surface area contributed by atoms with E-state index >= 15 is 0 Å². The molecular formula is C11H18N4O2. The van der Waals surface area contributed by atoms with Gasteiger partial charge in [-0.1, -0.05) is 19.8 Å². The Morgan fingerprint density at radius 2 is 2.00 bits per heavy atom. The van der Waals surface area contributed by atoms with E-state index in [2.05, 4.69) is 17.1 Å². The van der Waals surface area contributed by atoms with Crippen LogP contribution < -0.4 is 11.5 Å². The molecule has 0 saturated heterocycles. The minimum Gasteiger partial charge on any atom is -0.370 e. The van der Waals surface area contributed by atoms with Gasteiger partial charge in [0.05, 0.1) is 0 Å². The summed E-state index contributed by atoms with van der Waals surface area (Å²) in [6.45, 7) is 2.10. The zero-order valence-electron chi connectivity index (χ0n) is 9.93. The lowest BCUT2D eigenvalue weighted by atomic mass is 10.2. The third-order valence-corrected chi connectivity index (χ3v) is 1.85. The molecule has 1 heterocycles. The molecule has 6 nitrogen and oxygen atoms in total. The van der Waals surface area contributed by atoms with Gasteiger partial charge in [0.1, 0.15) is 0 Å². The van der Waals surface area contributed by atoms with Crippen molar-refractivity contribution in [3.05, 3.63) is 24.0 Å². The number of nitrogens with zero attached hydrogens (tertiary/aromatic N) is 2. The Kier molecular flexibility index (Phi) is 8.18. The van der Waals surface area contributed by atoms with Gasteiger partial charge in [-0.15, -0.1) is 5.10 Å². The summed E-state index contributed by atoms with van der Waals surface area (Å²) >= 11 is 0. The van der Waals surface area contributed by atoms with Crippen molar-refractivity contribution in [3.63, 3.8) is 0 Å². The fraction of sp³-hybridized carbons (Fsp3) is 0.455. The highest BCUT2D eigenvalue weighted by molar-refractivity contribution is 5.90. The molecule has 0 spiro atoms. The molecule has 0 unspecified atom stereocenters. The molecule has 0 bridgehead atoms. The van der Waals surface area contributed by atoms with E-state index in [1.165, 1.54) is 12.3 Å². The Morgan fingerprint density at radius 1 is 1.29 bits per heavy atom. The van der Waals surface area contributed by atoms with Crippen LogP contribution in [0, 0.1) is 0 Å². The van der Waals surface area contributed by atoms with E-state index in [-0.39, 0.29) is 11.6 Å². The van der Waals surface area contributed by atoms with Gasteiger partial charge in [0.15, 0.2) is 5.69 Å². The molecule has 94 valence electrons. The first-order valence-corrected chi connectivity index (χ1v) is 5.43. The maximum absolute atomic E-state index is 10.3. The maximum Gasteiger partial charge on any atom is 0.269 e. The number of hydrogen-bond acceptors (Lipinski definition) is 4. The van der Waals surface area contributed by atoms with Gasteiger partial charge in [-0.3, -0.25) is 9.59 Å². The first kappa shape index (κ1) is 15.0. The highest BCUT2D eigenvalue weighted by Gasteiger charge is 1.97. The van der Waals surface area contributed by atoms with Crippen LogP contribution in [0.5, 0.6) is 0 Å². The number of amides is 2. The quantitative estimate of drug-likeness (QED) is 0.732. The summed E-state index contributed by atoms with van der Waals surface area (Å²) in [6.07, 6.45) is 5.24. The summed E-state index contributed by atoms with van der Waals surface area (Å²) < 4.78 is 0. The van der Waals surface area contributed by atoms with Crippen molar-refractivity contribution in [1.29, 1.82) is 0 Å². The Balaban J connectivity index is 0.000000304. The second-order valence-electron chi connectivity index (χ2n) is 3.40.